The molecule has 1 aromatic heterocycles. The summed E-state index contributed by atoms with van der Waals surface area (Å²) >= 11 is 0. The van der Waals surface area contributed by atoms with Gasteiger partial charge in [0, 0.05) is 29.2 Å². The zero-order valence-electron chi connectivity index (χ0n) is 16.7. The highest BCUT2D eigenvalue weighted by atomic mass is 14.9. The zero-order valence-corrected chi connectivity index (χ0v) is 16.7. The first kappa shape index (κ1) is 17.7. The molecule has 2 nitrogen and oxygen atoms in total. The second-order valence-corrected chi connectivity index (χ2v) is 8.67. The van der Waals surface area contributed by atoms with E-state index in [1.165, 1.54) is 33.0 Å². The molecule has 0 fully saturated rings. The topological polar surface area (TPSA) is 24.9 Å². The largest absolute Gasteiger partial charge is 0.386 e. The van der Waals surface area contributed by atoms with E-state index in [0.717, 1.165) is 17.9 Å². The molecule has 1 N–H and O–H groups in total. The van der Waals surface area contributed by atoms with Crippen LogP contribution in [0.15, 0.2) is 42.2 Å². The third-order valence-corrected chi connectivity index (χ3v) is 5.45. The first-order chi connectivity index (χ1) is 11.6. The molecule has 1 aliphatic carbocycles. The lowest BCUT2D eigenvalue weighted by molar-refractivity contribution is 0.580. The first-order valence-electron chi connectivity index (χ1n) is 9.17. The van der Waals surface area contributed by atoms with E-state index in [2.05, 4.69) is 78.6 Å². The summed E-state index contributed by atoms with van der Waals surface area (Å²) < 4.78 is 0. The highest BCUT2D eigenvalue weighted by Gasteiger charge is 2.37. The monoisotopic (exact) mass is 334 g/mol. The van der Waals surface area contributed by atoms with Crippen molar-refractivity contribution in [3.8, 4) is 0 Å². The van der Waals surface area contributed by atoms with Gasteiger partial charge in [-0.15, -0.1) is 0 Å². The van der Waals surface area contributed by atoms with Crippen molar-refractivity contribution in [3.05, 3.63) is 59.1 Å². The summed E-state index contributed by atoms with van der Waals surface area (Å²) in [6.07, 6.45) is 1.93. The number of likely N-dealkylation sites (N-methyl/N-ethyl adjacent to an activating group) is 1. The van der Waals surface area contributed by atoms with Gasteiger partial charge in [-0.2, -0.15) is 0 Å². The molecule has 1 aliphatic rings. The number of hydrogen-bond donors (Lipinski definition) is 1. The predicted octanol–water partition coefficient (Wildman–Crippen LogP) is 5.72. The van der Waals surface area contributed by atoms with Crippen LogP contribution in [0.2, 0.25) is 0 Å². The first-order valence-corrected chi connectivity index (χ1v) is 9.17. The second-order valence-electron chi connectivity index (χ2n) is 8.67. The van der Waals surface area contributed by atoms with Crippen molar-refractivity contribution in [2.24, 2.45) is 0 Å². The fourth-order valence-electron chi connectivity index (χ4n) is 4.15. The molecular weight excluding hydrogens is 304 g/mol. The van der Waals surface area contributed by atoms with Gasteiger partial charge >= 0.3 is 0 Å². The molecule has 0 saturated heterocycles. The molecule has 0 aliphatic heterocycles. The molecule has 1 aromatic carbocycles. The van der Waals surface area contributed by atoms with Crippen LogP contribution in [0.5, 0.6) is 0 Å². The van der Waals surface area contributed by atoms with Crippen LogP contribution in [0.3, 0.4) is 0 Å². The Morgan fingerprint density at radius 2 is 1.92 bits per heavy atom. The molecule has 132 valence electrons. The van der Waals surface area contributed by atoms with Gasteiger partial charge in [-0.3, -0.25) is 4.98 Å². The molecule has 0 bridgehead atoms. The Kier molecular flexibility index (Phi) is 4.06. The fourth-order valence-corrected chi connectivity index (χ4v) is 4.15. The maximum atomic E-state index is 4.74. The molecule has 3 rings (SSSR count). The number of benzene rings is 1. The van der Waals surface area contributed by atoms with Crippen molar-refractivity contribution in [3.63, 3.8) is 0 Å². The van der Waals surface area contributed by atoms with E-state index in [0.29, 0.717) is 0 Å². The predicted molar refractivity (Wildman–Crippen MR) is 109 cm³/mol. The van der Waals surface area contributed by atoms with Gasteiger partial charge < -0.3 is 5.32 Å². The number of hydrogen-bond acceptors (Lipinski definition) is 2. The minimum atomic E-state index is -0.112. The van der Waals surface area contributed by atoms with Gasteiger partial charge in [0.2, 0.25) is 0 Å². The lowest BCUT2D eigenvalue weighted by Gasteiger charge is -2.38. The van der Waals surface area contributed by atoms with Crippen molar-refractivity contribution < 1.29 is 0 Å². The van der Waals surface area contributed by atoms with Crippen molar-refractivity contribution in [1.82, 2.24) is 10.3 Å². The van der Waals surface area contributed by atoms with Crippen molar-refractivity contribution in [2.75, 3.05) is 6.54 Å². The van der Waals surface area contributed by atoms with Gasteiger partial charge in [-0.1, -0.05) is 53.3 Å². The number of aromatic nitrogens is 1. The van der Waals surface area contributed by atoms with Crippen LogP contribution in [-0.2, 0) is 10.8 Å². The van der Waals surface area contributed by atoms with E-state index in [9.17, 15) is 0 Å². The van der Waals surface area contributed by atoms with Crippen LogP contribution in [-0.4, -0.2) is 11.5 Å². The molecule has 0 saturated carbocycles. The molecule has 0 radical (unpaired) electrons. The van der Waals surface area contributed by atoms with Gasteiger partial charge in [0.05, 0.1) is 5.69 Å². The zero-order chi connectivity index (χ0) is 18.6. The average molecular weight is 335 g/mol. The second kappa shape index (κ2) is 5.72. The summed E-state index contributed by atoms with van der Waals surface area (Å²) in [6, 6.07) is 6.86. The maximum absolute atomic E-state index is 4.74. The number of rotatable bonds is 3. The SMILES string of the molecule is C=C(NCC)C1=C(C)c2nccc3cc(C(C)(C)C)cc(c23)C1(C)C. The Bertz CT molecular complexity index is 892. The van der Waals surface area contributed by atoms with Gasteiger partial charge in [-0.25, -0.2) is 0 Å². The third kappa shape index (κ3) is 2.68. The molecule has 2 heteroatoms. The highest BCUT2D eigenvalue weighted by molar-refractivity contribution is 6.00. The van der Waals surface area contributed by atoms with Crippen molar-refractivity contribution in [1.29, 1.82) is 0 Å². The quantitative estimate of drug-likeness (QED) is 0.776. The maximum Gasteiger partial charge on any atom is 0.0744 e. The van der Waals surface area contributed by atoms with Crippen LogP contribution in [0, 0.1) is 0 Å². The molecule has 2 aromatic rings. The smallest absolute Gasteiger partial charge is 0.0744 e. The van der Waals surface area contributed by atoms with E-state index >= 15 is 0 Å². The highest BCUT2D eigenvalue weighted by Crippen LogP contribution is 2.48. The minimum Gasteiger partial charge on any atom is -0.386 e. The third-order valence-electron chi connectivity index (χ3n) is 5.45. The normalized spacial score (nSPS) is 16.3. The Hall–Kier alpha value is -2.09. The number of pyridine rings is 1. The van der Waals surface area contributed by atoms with Crippen LogP contribution in [0.1, 0.15) is 65.3 Å². The minimum absolute atomic E-state index is 0.110. The van der Waals surface area contributed by atoms with E-state index in [1.54, 1.807) is 0 Å². The molecule has 0 atom stereocenters. The van der Waals surface area contributed by atoms with E-state index in [4.69, 9.17) is 4.98 Å². The molecular formula is C23H30N2. The lowest BCUT2D eigenvalue weighted by Crippen LogP contribution is -2.31. The Balaban J connectivity index is 2.40. The van der Waals surface area contributed by atoms with Gasteiger partial charge in [0.25, 0.3) is 0 Å². The molecule has 0 unspecified atom stereocenters. The van der Waals surface area contributed by atoms with Crippen molar-refractivity contribution >= 4 is 16.3 Å². The lowest BCUT2D eigenvalue weighted by atomic mass is 9.67. The van der Waals surface area contributed by atoms with Crippen LogP contribution >= 0.6 is 0 Å². The summed E-state index contributed by atoms with van der Waals surface area (Å²) in [5.41, 5.74) is 7.34. The number of allylic oxidation sites excluding steroid dienone is 2. The Labute approximate surface area is 152 Å². The fraction of sp³-hybridized carbons (Fsp3) is 0.435. The number of nitrogens with zero attached hydrogens (tertiary/aromatic N) is 1. The van der Waals surface area contributed by atoms with Crippen LogP contribution in [0.25, 0.3) is 16.3 Å². The van der Waals surface area contributed by atoms with Gasteiger partial charge in [-0.05, 0) is 53.0 Å². The molecule has 0 spiro atoms. The van der Waals surface area contributed by atoms with Gasteiger partial charge in [0.15, 0.2) is 0 Å². The summed E-state index contributed by atoms with van der Waals surface area (Å²) in [7, 11) is 0. The van der Waals surface area contributed by atoms with E-state index in [-0.39, 0.29) is 10.8 Å². The summed E-state index contributed by atoms with van der Waals surface area (Å²) in [4.78, 5) is 4.74. The van der Waals surface area contributed by atoms with Gasteiger partial charge in [0.1, 0.15) is 0 Å². The number of nitrogens with one attached hydrogen (secondary N) is 1. The average Bonchev–Trinajstić information content (AvgIpc) is 2.51. The van der Waals surface area contributed by atoms with E-state index < -0.39 is 0 Å². The van der Waals surface area contributed by atoms with Crippen molar-refractivity contribution in [2.45, 2.75) is 59.3 Å². The molecule has 25 heavy (non-hydrogen) atoms. The molecule has 0 amide bonds. The Morgan fingerprint density at radius 1 is 1.24 bits per heavy atom. The molecule has 1 heterocycles. The van der Waals surface area contributed by atoms with Crippen LogP contribution in [0.4, 0.5) is 0 Å². The summed E-state index contributed by atoms with van der Waals surface area (Å²) in [6.45, 7) is 20.9. The van der Waals surface area contributed by atoms with Crippen LogP contribution < -0.4 is 5.32 Å². The standard InChI is InChI=1S/C23H30N2/c1-9-24-15(3)20-14(2)21-19-16(10-11-25-21)12-17(22(4,5)6)13-18(19)23(20,7)8/h10-13,24H,3,9H2,1-2,4-8H3. The summed E-state index contributed by atoms with van der Waals surface area (Å²) in [5, 5.41) is 6.01. The Morgan fingerprint density at radius 3 is 2.52 bits per heavy atom. The summed E-state index contributed by atoms with van der Waals surface area (Å²) in [5.74, 6) is 0. The van der Waals surface area contributed by atoms with E-state index in [1.807, 2.05) is 6.20 Å².